The molecule has 5 heteroatoms. The highest BCUT2D eigenvalue weighted by Gasteiger charge is 1.99. The second kappa shape index (κ2) is 4.72. The number of hydrogen-bond donors (Lipinski definition) is 0. The van der Waals surface area contributed by atoms with Crippen LogP contribution in [0.1, 0.15) is 0 Å². The van der Waals surface area contributed by atoms with E-state index in [1.807, 2.05) is 12.1 Å². The fourth-order valence-electron chi connectivity index (χ4n) is 0.952. The summed E-state index contributed by atoms with van der Waals surface area (Å²) in [5.41, 5.74) is 0. The molecule has 0 aliphatic carbocycles. The van der Waals surface area contributed by atoms with Gasteiger partial charge in [-0.25, -0.2) is 9.97 Å². The van der Waals surface area contributed by atoms with E-state index in [4.69, 9.17) is 4.74 Å². The molecule has 0 N–H and O–H groups in total. The summed E-state index contributed by atoms with van der Waals surface area (Å²) in [5.74, 6) is 1.04. The van der Waals surface area contributed by atoms with E-state index in [0.29, 0.717) is 11.8 Å². The van der Waals surface area contributed by atoms with Crippen LogP contribution >= 0.6 is 31.9 Å². The molecule has 0 saturated heterocycles. The first-order chi connectivity index (χ1) is 7.24. The smallest absolute Gasteiger partial charge is 0.221 e. The summed E-state index contributed by atoms with van der Waals surface area (Å²) >= 11 is 6.60. The highest BCUT2D eigenvalue weighted by Crippen LogP contribution is 2.19. The van der Waals surface area contributed by atoms with E-state index in [1.165, 1.54) is 0 Å². The number of hydrogen-bond acceptors (Lipinski definition) is 3. The summed E-state index contributed by atoms with van der Waals surface area (Å²) in [6.45, 7) is 0. The molecule has 0 unspecified atom stereocenters. The van der Waals surface area contributed by atoms with Gasteiger partial charge in [-0.2, -0.15) is 0 Å². The van der Waals surface area contributed by atoms with E-state index in [2.05, 4.69) is 41.8 Å². The van der Waals surface area contributed by atoms with Gasteiger partial charge in [-0.05, 0) is 44.0 Å². The molecule has 0 bridgehead atoms. The van der Waals surface area contributed by atoms with Crippen LogP contribution in [0.3, 0.4) is 0 Å². The Bertz CT molecular complexity index is 398. The molecule has 76 valence electrons. The van der Waals surface area contributed by atoms with Gasteiger partial charge in [0.1, 0.15) is 0 Å². The maximum Gasteiger partial charge on any atom is 0.221 e. The van der Waals surface area contributed by atoms with E-state index in [9.17, 15) is 0 Å². The summed E-state index contributed by atoms with van der Waals surface area (Å²) in [7, 11) is 0. The number of rotatable bonds is 2. The Labute approximate surface area is 104 Å². The second-order valence-electron chi connectivity index (χ2n) is 2.73. The summed E-state index contributed by atoms with van der Waals surface area (Å²) < 4.78 is 7.26. The molecule has 2 rings (SSSR count). The first-order valence-electron chi connectivity index (χ1n) is 4.15. The van der Waals surface area contributed by atoms with E-state index in [0.717, 1.165) is 8.95 Å². The molecule has 0 fully saturated rings. The van der Waals surface area contributed by atoms with Crippen LogP contribution in [0.5, 0.6) is 11.8 Å². The topological polar surface area (TPSA) is 35.0 Å². The molecule has 2 aromatic heterocycles. The van der Waals surface area contributed by atoms with Crippen molar-refractivity contribution >= 4 is 31.9 Å². The molecule has 0 spiro atoms. The first kappa shape index (κ1) is 10.6. The first-order valence-corrected chi connectivity index (χ1v) is 5.73. The van der Waals surface area contributed by atoms with E-state index in [-0.39, 0.29) is 0 Å². The average Bonchev–Trinajstić information content (AvgIpc) is 2.25. The Morgan fingerprint density at radius 3 is 1.60 bits per heavy atom. The van der Waals surface area contributed by atoms with Crippen molar-refractivity contribution in [3.63, 3.8) is 0 Å². The van der Waals surface area contributed by atoms with Crippen LogP contribution in [0.25, 0.3) is 0 Å². The van der Waals surface area contributed by atoms with Gasteiger partial charge in [-0.15, -0.1) is 0 Å². The maximum absolute atomic E-state index is 5.42. The van der Waals surface area contributed by atoms with Gasteiger partial charge < -0.3 is 4.74 Å². The molecule has 0 aliphatic heterocycles. The molecule has 0 amide bonds. The zero-order valence-corrected chi connectivity index (χ0v) is 10.7. The van der Waals surface area contributed by atoms with Crippen LogP contribution in [0.2, 0.25) is 0 Å². The van der Waals surface area contributed by atoms with Gasteiger partial charge in [0.05, 0.1) is 0 Å². The molecule has 0 radical (unpaired) electrons. The number of pyridine rings is 2. The number of nitrogens with zero attached hydrogens (tertiary/aromatic N) is 2. The van der Waals surface area contributed by atoms with Crippen LogP contribution in [0.15, 0.2) is 45.6 Å². The molecule has 2 heterocycles. The van der Waals surface area contributed by atoms with Crippen molar-refractivity contribution in [3.05, 3.63) is 45.6 Å². The molecular formula is C10H6Br2N2O. The SMILES string of the molecule is Brc1ccc(Oc2ccc(Br)cn2)nc1. The largest absolute Gasteiger partial charge is 0.421 e. The third-order valence-corrected chi connectivity index (χ3v) is 2.55. The highest BCUT2D eigenvalue weighted by molar-refractivity contribution is 9.10. The Kier molecular flexibility index (Phi) is 3.33. The van der Waals surface area contributed by atoms with Crippen LogP contribution in [-0.2, 0) is 0 Å². The Morgan fingerprint density at radius 2 is 1.27 bits per heavy atom. The van der Waals surface area contributed by atoms with E-state index in [1.54, 1.807) is 24.5 Å². The van der Waals surface area contributed by atoms with Crippen molar-refractivity contribution in [2.45, 2.75) is 0 Å². The lowest BCUT2D eigenvalue weighted by Crippen LogP contribution is -1.89. The minimum absolute atomic E-state index is 0.521. The summed E-state index contributed by atoms with van der Waals surface area (Å²) in [4.78, 5) is 8.15. The molecule has 3 nitrogen and oxygen atoms in total. The Hall–Kier alpha value is -0.940. The van der Waals surface area contributed by atoms with Crippen molar-refractivity contribution in [3.8, 4) is 11.8 Å². The standard InChI is InChI=1S/C10H6Br2N2O/c11-7-1-3-9(13-5-7)15-10-4-2-8(12)6-14-10/h1-6H. The third-order valence-electron chi connectivity index (χ3n) is 1.61. The molecule has 0 saturated carbocycles. The lowest BCUT2D eigenvalue weighted by molar-refractivity contribution is 0.444. The van der Waals surface area contributed by atoms with Crippen LogP contribution in [0, 0.1) is 0 Å². The molecule has 0 aliphatic rings. The molecule has 0 atom stereocenters. The highest BCUT2D eigenvalue weighted by atomic mass is 79.9. The summed E-state index contributed by atoms with van der Waals surface area (Å²) in [6, 6.07) is 7.27. The number of ether oxygens (including phenoxy) is 1. The van der Waals surface area contributed by atoms with Gasteiger partial charge in [0.25, 0.3) is 0 Å². The van der Waals surface area contributed by atoms with Gasteiger partial charge in [-0.1, -0.05) is 0 Å². The van der Waals surface area contributed by atoms with Crippen molar-refractivity contribution < 1.29 is 4.74 Å². The molecular weight excluding hydrogens is 324 g/mol. The van der Waals surface area contributed by atoms with Crippen molar-refractivity contribution in [2.24, 2.45) is 0 Å². The van der Waals surface area contributed by atoms with Gasteiger partial charge >= 0.3 is 0 Å². The number of halogens is 2. The van der Waals surface area contributed by atoms with Crippen LogP contribution < -0.4 is 4.74 Å². The van der Waals surface area contributed by atoms with Crippen molar-refractivity contribution in [1.82, 2.24) is 9.97 Å². The predicted molar refractivity (Wildman–Crippen MR) is 63.9 cm³/mol. The fraction of sp³-hybridized carbons (Fsp3) is 0. The predicted octanol–water partition coefficient (Wildman–Crippen LogP) is 3.79. The maximum atomic E-state index is 5.42. The normalized spacial score (nSPS) is 10.0. The summed E-state index contributed by atoms with van der Waals surface area (Å²) in [5, 5.41) is 0. The van der Waals surface area contributed by atoms with Crippen LogP contribution in [0.4, 0.5) is 0 Å². The van der Waals surface area contributed by atoms with Crippen molar-refractivity contribution in [2.75, 3.05) is 0 Å². The monoisotopic (exact) mass is 328 g/mol. The zero-order valence-electron chi connectivity index (χ0n) is 7.52. The fourth-order valence-corrected chi connectivity index (χ4v) is 1.42. The van der Waals surface area contributed by atoms with Crippen LogP contribution in [-0.4, -0.2) is 9.97 Å². The zero-order chi connectivity index (χ0) is 10.7. The molecule has 15 heavy (non-hydrogen) atoms. The minimum atomic E-state index is 0.521. The van der Waals surface area contributed by atoms with Gasteiger partial charge in [0.2, 0.25) is 11.8 Å². The summed E-state index contributed by atoms with van der Waals surface area (Å²) in [6.07, 6.45) is 3.35. The minimum Gasteiger partial charge on any atom is -0.421 e. The molecule has 0 aromatic carbocycles. The van der Waals surface area contributed by atoms with Gasteiger partial charge in [0.15, 0.2) is 0 Å². The van der Waals surface area contributed by atoms with Crippen molar-refractivity contribution in [1.29, 1.82) is 0 Å². The number of aromatic nitrogens is 2. The van der Waals surface area contributed by atoms with Gasteiger partial charge in [-0.3, -0.25) is 0 Å². The van der Waals surface area contributed by atoms with E-state index < -0.39 is 0 Å². The van der Waals surface area contributed by atoms with E-state index >= 15 is 0 Å². The lowest BCUT2D eigenvalue weighted by atomic mass is 10.5. The quantitative estimate of drug-likeness (QED) is 0.840. The average molecular weight is 330 g/mol. The molecule has 2 aromatic rings. The lowest BCUT2D eigenvalue weighted by Gasteiger charge is -2.02. The Balaban J connectivity index is 2.15. The second-order valence-corrected chi connectivity index (χ2v) is 4.56. The third kappa shape index (κ3) is 3.00. The Morgan fingerprint density at radius 1 is 0.800 bits per heavy atom. The van der Waals surface area contributed by atoms with Gasteiger partial charge in [0, 0.05) is 33.5 Å².